The molecular weight excluding hydrogens is 325 g/mol. The highest BCUT2D eigenvalue weighted by Crippen LogP contribution is 2.25. The molecule has 1 aliphatic rings. The molecule has 0 spiro atoms. The van der Waals surface area contributed by atoms with Crippen molar-refractivity contribution >= 4 is 21.6 Å². The molecule has 1 aliphatic heterocycles. The highest BCUT2D eigenvalue weighted by Gasteiger charge is 2.27. The van der Waals surface area contributed by atoms with E-state index in [1.165, 1.54) is 28.6 Å². The van der Waals surface area contributed by atoms with Gasteiger partial charge in [0, 0.05) is 18.1 Å². The van der Waals surface area contributed by atoms with Crippen LogP contribution in [0, 0.1) is 5.82 Å². The second kappa shape index (κ2) is 5.99. The van der Waals surface area contributed by atoms with Crippen LogP contribution in [0.5, 0.6) is 0 Å². The lowest BCUT2D eigenvalue weighted by molar-refractivity contribution is 0.391. The first-order valence-corrected chi connectivity index (χ1v) is 8.92. The Morgan fingerprint density at radius 3 is 2.55 bits per heavy atom. The van der Waals surface area contributed by atoms with Gasteiger partial charge >= 0.3 is 0 Å². The maximum Gasteiger partial charge on any atom is 0.218 e. The summed E-state index contributed by atoms with van der Waals surface area (Å²) in [6, 6.07) is 11.1. The van der Waals surface area contributed by atoms with Crippen molar-refractivity contribution in [3.8, 4) is 0 Å². The standard InChI is InChI=1S/C16H15ClFNO2S/c17-15-4-3-13-7-8-19(10-14(13)9-15)22(20,21)11-12-1-5-16(18)6-2-12/h1-6,9H,7-8,10-11H2. The lowest BCUT2D eigenvalue weighted by Crippen LogP contribution is -2.36. The highest BCUT2D eigenvalue weighted by molar-refractivity contribution is 7.88. The van der Waals surface area contributed by atoms with E-state index >= 15 is 0 Å². The minimum Gasteiger partial charge on any atom is -0.212 e. The van der Waals surface area contributed by atoms with E-state index in [0.29, 0.717) is 30.1 Å². The molecule has 0 aromatic heterocycles. The largest absolute Gasteiger partial charge is 0.218 e. The Bertz CT molecular complexity index is 790. The number of halogens is 2. The second-order valence-electron chi connectivity index (χ2n) is 5.38. The summed E-state index contributed by atoms with van der Waals surface area (Å²) in [5, 5.41) is 0.608. The van der Waals surface area contributed by atoms with Crippen molar-refractivity contribution in [1.82, 2.24) is 4.31 Å². The smallest absolute Gasteiger partial charge is 0.212 e. The molecule has 3 nitrogen and oxygen atoms in total. The number of rotatable bonds is 3. The Hall–Kier alpha value is -1.43. The van der Waals surface area contributed by atoms with Gasteiger partial charge in [0.05, 0.1) is 5.75 Å². The number of nitrogens with zero attached hydrogens (tertiary/aromatic N) is 1. The molecule has 0 saturated heterocycles. The van der Waals surface area contributed by atoms with Gasteiger partial charge in [0.1, 0.15) is 5.82 Å². The normalized spacial score (nSPS) is 15.5. The fraction of sp³-hybridized carbons (Fsp3) is 0.250. The van der Waals surface area contributed by atoms with E-state index in [9.17, 15) is 12.8 Å². The Balaban J connectivity index is 1.80. The van der Waals surface area contributed by atoms with E-state index < -0.39 is 10.0 Å². The first kappa shape index (κ1) is 15.5. The number of fused-ring (bicyclic) bond motifs is 1. The van der Waals surface area contributed by atoms with Crippen LogP contribution < -0.4 is 0 Å². The third kappa shape index (κ3) is 3.32. The summed E-state index contributed by atoms with van der Waals surface area (Å²) in [5.41, 5.74) is 2.66. The molecule has 22 heavy (non-hydrogen) atoms. The van der Waals surface area contributed by atoms with Gasteiger partial charge in [-0.2, -0.15) is 4.31 Å². The van der Waals surface area contributed by atoms with Gasteiger partial charge in [0.2, 0.25) is 10.0 Å². The van der Waals surface area contributed by atoms with Crippen LogP contribution in [-0.4, -0.2) is 19.3 Å². The maximum atomic E-state index is 12.9. The predicted molar refractivity (Wildman–Crippen MR) is 84.6 cm³/mol. The zero-order chi connectivity index (χ0) is 15.7. The van der Waals surface area contributed by atoms with Crippen LogP contribution in [0.15, 0.2) is 42.5 Å². The predicted octanol–water partition coefficient (Wildman–Crippen LogP) is 3.37. The van der Waals surface area contributed by atoms with Gasteiger partial charge < -0.3 is 0 Å². The summed E-state index contributed by atoms with van der Waals surface area (Å²) in [4.78, 5) is 0. The van der Waals surface area contributed by atoms with Gasteiger partial charge in [-0.25, -0.2) is 12.8 Å². The molecular formula is C16H15ClFNO2S. The van der Waals surface area contributed by atoms with Gasteiger partial charge in [-0.05, 0) is 47.4 Å². The maximum absolute atomic E-state index is 12.9. The highest BCUT2D eigenvalue weighted by atomic mass is 35.5. The summed E-state index contributed by atoms with van der Waals surface area (Å²) in [5.74, 6) is -0.494. The number of hydrogen-bond acceptors (Lipinski definition) is 2. The molecule has 0 N–H and O–H groups in total. The summed E-state index contributed by atoms with van der Waals surface area (Å²) >= 11 is 5.98. The Morgan fingerprint density at radius 1 is 1.09 bits per heavy atom. The molecule has 2 aromatic rings. The third-order valence-corrected chi connectivity index (χ3v) is 5.83. The van der Waals surface area contributed by atoms with Crippen molar-refractivity contribution < 1.29 is 12.8 Å². The van der Waals surface area contributed by atoms with E-state index in [1.54, 1.807) is 0 Å². The van der Waals surface area contributed by atoms with Crippen LogP contribution in [0.4, 0.5) is 4.39 Å². The zero-order valence-corrected chi connectivity index (χ0v) is 13.4. The van der Waals surface area contributed by atoms with Crippen LogP contribution >= 0.6 is 11.6 Å². The van der Waals surface area contributed by atoms with Crippen molar-refractivity contribution in [2.45, 2.75) is 18.7 Å². The van der Waals surface area contributed by atoms with E-state index in [1.807, 2.05) is 18.2 Å². The SMILES string of the molecule is O=S(=O)(Cc1ccc(F)cc1)N1CCc2ccc(Cl)cc2C1. The molecule has 0 saturated carbocycles. The molecule has 0 unspecified atom stereocenters. The fourth-order valence-electron chi connectivity index (χ4n) is 2.62. The third-order valence-electron chi connectivity index (χ3n) is 3.80. The first-order valence-electron chi connectivity index (χ1n) is 6.94. The minimum atomic E-state index is -3.44. The summed E-state index contributed by atoms with van der Waals surface area (Å²) in [7, 11) is -3.44. The zero-order valence-electron chi connectivity index (χ0n) is 11.8. The van der Waals surface area contributed by atoms with Crippen molar-refractivity contribution in [2.75, 3.05) is 6.54 Å². The molecule has 0 fully saturated rings. The number of benzene rings is 2. The van der Waals surface area contributed by atoms with Crippen LogP contribution in [0.2, 0.25) is 5.02 Å². The van der Waals surface area contributed by atoms with Gasteiger partial charge in [0.25, 0.3) is 0 Å². The van der Waals surface area contributed by atoms with Gasteiger partial charge in [0.15, 0.2) is 0 Å². The van der Waals surface area contributed by atoms with E-state index in [0.717, 1.165) is 11.1 Å². The molecule has 0 atom stereocenters. The Labute approximate surface area is 134 Å². The van der Waals surface area contributed by atoms with Gasteiger partial charge in [-0.15, -0.1) is 0 Å². The molecule has 2 aromatic carbocycles. The van der Waals surface area contributed by atoms with Gasteiger partial charge in [-0.1, -0.05) is 29.8 Å². The summed E-state index contributed by atoms with van der Waals surface area (Å²) < 4.78 is 39.4. The first-order chi connectivity index (χ1) is 10.4. The average molecular weight is 340 g/mol. The molecule has 0 bridgehead atoms. The van der Waals surface area contributed by atoms with Crippen LogP contribution in [0.3, 0.4) is 0 Å². The number of sulfonamides is 1. The van der Waals surface area contributed by atoms with Crippen molar-refractivity contribution in [3.05, 3.63) is 70.0 Å². The summed E-state index contributed by atoms with van der Waals surface area (Å²) in [6.07, 6.45) is 0.676. The van der Waals surface area contributed by atoms with E-state index in [2.05, 4.69) is 0 Å². The lowest BCUT2D eigenvalue weighted by Gasteiger charge is -2.28. The van der Waals surface area contributed by atoms with Crippen molar-refractivity contribution in [1.29, 1.82) is 0 Å². The molecule has 1 heterocycles. The van der Waals surface area contributed by atoms with Crippen LogP contribution in [-0.2, 0) is 28.7 Å². The van der Waals surface area contributed by atoms with Crippen LogP contribution in [0.25, 0.3) is 0 Å². The van der Waals surface area contributed by atoms with E-state index in [-0.39, 0.29) is 11.6 Å². The quantitative estimate of drug-likeness (QED) is 0.859. The van der Waals surface area contributed by atoms with Crippen molar-refractivity contribution in [2.24, 2.45) is 0 Å². The van der Waals surface area contributed by atoms with Crippen LogP contribution in [0.1, 0.15) is 16.7 Å². The number of hydrogen-bond donors (Lipinski definition) is 0. The minimum absolute atomic E-state index is 0.122. The molecule has 0 aliphatic carbocycles. The molecule has 0 radical (unpaired) electrons. The second-order valence-corrected chi connectivity index (χ2v) is 7.78. The Kier molecular flexibility index (Phi) is 4.21. The van der Waals surface area contributed by atoms with Gasteiger partial charge in [-0.3, -0.25) is 0 Å². The topological polar surface area (TPSA) is 37.4 Å². The Morgan fingerprint density at radius 2 is 1.82 bits per heavy atom. The molecule has 0 amide bonds. The van der Waals surface area contributed by atoms with Crippen molar-refractivity contribution in [3.63, 3.8) is 0 Å². The lowest BCUT2D eigenvalue weighted by atomic mass is 10.0. The summed E-state index contributed by atoms with van der Waals surface area (Å²) in [6.45, 7) is 0.789. The molecule has 3 rings (SSSR count). The average Bonchev–Trinajstić information content (AvgIpc) is 2.48. The monoisotopic (exact) mass is 339 g/mol. The van der Waals surface area contributed by atoms with E-state index in [4.69, 9.17) is 11.6 Å². The fourth-order valence-corrected chi connectivity index (χ4v) is 4.32. The molecule has 6 heteroatoms. The molecule has 116 valence electrons.